The lowest BCUT2D eigenvalue weighted by atomic mass is 10.1. The predicted octanol–water partition coefficient (Wildman–Crippen LogP) is 1.44. The Hall–Kier alpha value is -2.79. The summed E-state index contributed by atoms with van der Waals surface area (Å²) in [4.78, 5) is 28.9. The number of nitrogens with zero attached hydrogens (tertiary/aromatic N) is 3. The molecule has 2 heterocycles. The van der Waals surface area contributed by atoms with Crippen LogP contribution in [0.5, 0.6) is 0 Å². The van der Waals surface area contributed by atoms with Gasteiger partial charge in [-0.2, -0.15) is 4.31 Å². The van der Waals surface area contributed by atoms with Gasteiger partial charge in [-0.05, 0) is 24.1 Å². The van der Waals surface area contributed by atoms with Crippen LogP contribution in [-0.2, 0) is 42.8 Å². The number of benzene rings is 1. The van der Waals surface area contributed by atoms with Crippen LogP contribution in [0.3, 0.4) is 0 Å². The van der Waals surface area contributed by atoms with Crippen LogP contribution in [0.25, 0.3) is 0 Å². The molecule has 1 amide bonds. The number of thiophene rings is 1. The van der Waals surface area contributed by atoms with Crippen LogP contribution in [0.1, 0.15) is 29.7 Å². The number of primary sulfonamides is 1. The van der Waals surface area contributed by atoms with Crippen LogP contribution in [-0.4, -0.2) is 57.4 Å². The van der Waals surface area contributed by atoms with Gasteiger partial charge in [0.2, 0.25) is 10.0 Å². The van der Waals surface area contributed by atoms with Crippen LogP contribution in [0.2, 0.25) is 0 Å². The van der Waals surface area contributed by atoms with Crippen LogP contribution in [0.15, 0.2) is 38.8 Å². The van der Waals surface area contributed by atoms with Crippen molar-refractivity contribution < 1.29 is 36.3 Å². The first-order chi connectivity index (χ1) is 15.8. The molecule has 1 atom stereocenters. The highest BCUT2D eigenvalue weighted by molar-refractivity contribution is 7.94. The third-order valence-electron chi connectivity index (χ3n) is 5.06. The van der Waals surface area contributed by atoms with Crippen LogP contribution in [0.4, 0.5) is 4.79 Å². The maximum atomic E-state index is 12.9. The Morgan fingerprint density at radius 3 is 2.56 bits per heavy atom. The summed E-state index contributed by atoms with van der Waals surface area (Å²) < 4.78 is 55.0. The van der Waals surface area contributed by atoms with Gasteiger partial charge >= 0.3 is 6.09 Å². The Balaban J connectivity index is 1.82. The van der Waals surface area contributed by atoms with Crippen LogP contribution >= 0.6 is 11.3 Å². The van der Waals surface area contributed by atoms with Crippen molar-refractivity contribution in [1.29, 1.82) is 0 Å². The van der Waals surface area contributed by atoms with Gasteiger partial charge in [-0.25, -0.2) is 26.8 Å². The second-order valence-electron chi connectivity index (χ2n) is 7.31. The highest BCUT2D eigenvalue weighted by Crippen LogP contribution is 2.41. The van der Waals surface area contributed by atoms with E-state index in [0.29, 0.717) is 22.5 Å². The second kappa shape index (κ2) is 9.83. The number of fused-ring (bicyclic) bond motifs is 1. The molecule has 186 valence electrons. The molecule has 2 aromatic rings. The van der Waals surface area contributed by atoms with Crippen molar-refractivity contribution in [2.24, 2.45) is 5.14 Å². The Bertz CT molecular complexity index is 1310. The molecule has 13 nitrogen and oxygen atoms in total. The zero-order valence-corrected chi connectivity index (χ0v) is 20.6. The van der Waals surface area contributed by atoms with E-state index in [2.05, 4.69) is 4.84 Å². The fourth-order valence-corrected chi connectivity index (χ4v) is 7.46. The Labute approximate surface area is 199 Å². The molecule has 1 aliphatic rings. The summed E-state index contributed by atoms with van der Waals surface area (Å²) >= 11 is 0.534. The van der Waals surface area contributed by atoms with Crippen LogP contribution < -0.4 is 5.14 Å². The fraction of sp³-hybridized carbons (Fsp3) is 0.389. The number of nitrogens with two attached hydrogens (primary N) is 1. The van der Waals surface area contributed by atoms with E-state index in [9.17, 15) is 31.7 Å². The van der Waals surface area contributed by atoms with E-state index >= 15 is 0 Å². The molecule has 0 saturated carbocycles. The average Bonchev–Trinajstić information content (AvgIpc) is 3.23. The Morgan fingerprint density at radius 2 is 1.97 bits per heavy atom. The number of rotatable bonds is 8. The first kappa shape index (κ1) is 25.8. The number of amides is 1. The van der Waals surface area contributed by atoms with E-state index in [1.807, 2.05) is 0 Å². The predicted molar refractivity (Wildman–Crippen MR) is 119 cm³/mol. The monoisotopic (exact) mass is 534 g/mol. The number of likely N-dealkylation sites (N-methyl/N-ethyl adjacent to an activating group) is 2. The molecule has 1 aromatic carbocycles. The molecule has 0 saturated heterocycles. The lowest BCUT2D eigenvalue weighted by Gasteiger charge is -2.36. The lowest BCUT2D eigenvalue weighted by molar-refractivity contribution is -0.763. The first-order valence-corrected chi connectivity index (χ1v) is 13.6. The number of sulfonamides is 2. The van der Waals surface area contributed by atoms with Gasteiger partial charge in [-0.15, -0.1) is 21.5 Å². The standard InChI is InChI=1S/C18H22N4O9S3/c1-3-21(18(23)30-10-12-5-4-6-13(7-12)11-31-22(24)25)15-9-20(2)34(28,29)17-14(15)8-16(32-17)33(19,26)27/h4-8,15H,3,9-11H2,1-2H3,(H2,19,26,27)/t15-/m0/s1. The van der Waals surface area contributed by atoms with Gasteiger partial charge in [0, 0.05) is 25.7 Å². The molecule has 0 unspecified atom stereocenters. The molecule has 1 aliphatic heterocycles. The van der Waals surface area contributed by atoms with Crippen molar-refractivity contribution in [1.82, 2.24) is 9.21 Å². The first-order valence-electron chi connectivity index (χ1n) is 9.76. The number of hydrogen-bond acceptors (Lipinski definition) is 10. The minimum absolute atomic E-state index is 0.104. The Kier molecular flexibility index (Phi) is 7.47. The summed E-state index contributed by atoms with van der Waals surface area (Å²) in [6.45, 7) is 1.31. The van der Waals surface area contributed by atoms with Gasteiger partial charge < -0.3 is 14.5 Å². The van der Waals surface area contributed by atoms with E-state index < -0.39 is 37.3 Å². The molecular weight excluding hydrogens is 512 g/mol. The molecule has 0 spiro atoms. The maximum Gasteiger partial charge on any atom is 0.410 e. The van der Waals surface area contributed by atoms with Gasteiger partial charge in [-0.3, -0.25) is 0 Å². The SMILES string of the molecule is CCN(C(=O)OCc1cccc(CO[N+](=O)[O-])c1)[C@H]1CN(C)S(=O)(=O)c2sc(S(N)(=O)=O)cc21. The summed E-state index contributed by atoms with van der Waals surface area (Å²) in [6, 6.07) is 6.88. The van der Waals surface area contributed by atoms with Gasteiger partial charge in [0.15, 0.2) is 0 Å². The molecular formula is C18H22N4O9S3. The number of hydrogen-bond donors (Lipinski definition) is 1. The molecule has 3 rings (SSSR count). The zero-order valence-electron chi connectivity index (χ0n) is 18.1. The minimum Gasteiger partial charge on any atom is -0.445 e. The van der Waals surface area contributed by atoms with Crippen molar-refractivity contribution in [3.8, 4) is 0 Å². The zero-order chi connectivity index (χ0) is 25.3. The number of carbonyl (C=O) groups is 1. The maximum absolute atomic E-state index is 12.9. The molecule has 2 N–H and O–H groups in total. The van der Waals surface area contributed by atoms with Gasteiger partial charge in [-0.1, -0.05) is 24.3 Å². The molecule has 0 bridgehead atoms. The fourth-order valence-electron chi connectivity index (χ4n) is 3.43. The molecule has 0 radical (unpaired) electrons. The van der Waals surface area contributed by atoms with E-state index in [1.54, 1.807) is 31.2 Å². The molecule has 16 heteroatoms. The summed E-state index contributed by atoms with van der Waals surface area (Å²) in [6.07, 6.45) is -0.749. The van der Waals surface area contributed by atoms with Crippen molar-refractivity contribution in [2.45, 2.75) is 34.6 Å². The number of ether oxygens (including phenoxy) is 1. The van der Waals surface area contributed by atoms with Gasteiger partial charge in [0.05, 0.1) is 6.04 Å². The average molecular weight is 535 g/mol. The highest BCUT2D eigenvalue weighted by Gasteiger charge is 2.41. The van der Waals surface area contributed by atoms with Crippen molar-refractivity contribution in [3.05, 3.63) is 57.1 Å². The largest absolute Gasteiger partial charge is 0.445 e. The van der Waals surface area contributed by atoms with E-state index in [-0.39, 0.29) is 40.3 Å². The van der Waals surface area contributed by atoms with Crippen molar-refractivity contribution >= 4 is 37.5 Å². The molecule has 34 heavy (non-hydrogen) atoms. The Morgan fingerprint density at radius 1 is 1.32 bits per heavy atom. The third kappa shape index (κ3) is 5.47. The summed E-state index contributed by atoms with van der Waals surface area (Å²) in [5.41, 5.74) is 1.23. The topological polar surface area (TPSA) is 179 Å². The second-order valence-corrected chi connectivity index (χ2v) is 12.4. The highest BCUT2D eigenvalue weighted by atomic mass is 32.3. The van der Waals surface area contributed by atoms with Crippen LogP contribution in [0, 0.1) is 10.1 Å². The van der Waals surface area contributed by atoms with E-state index in [1.165, 1.54) is 18.0 Å². The lowest BCUT2D eigenvalue weighted by Crippen LogP contribution is -2.45. The van der Waals surface area contributed by atoms with Gasteiger partial charge in [0.25, 0.3) is 15.1 Å². The molecule has 1 aromatic heterocycles. The summed E-state index contributed by atoms with van der Waals surface area (Å²) in [5, 5.41) is 14.6. The van der Waals surface area contributed by atoms with Crippen molar-refractivity contribution in [3.63, 3.8) is 0 Å². The summed E-state index contributed by atoms with van der Waals surface area (Å²) in [7, 11) is -6.76. The van der Waals surface area contributed by atoms with Crippen molar-refractivity contribution in [2.75, 3.05) is 20.1 Å². The minimum atomic E-state index is -4.15. The quantitative estimate of drug-likeness (QED) is 0.387. The van der Waals surface area contributed by atoms with Gasteiger partial charge in [0.1, 0.15) is 21.6 Å². The third-order valence-corrected chi connectivity index (χ3v) is 9.98. The smallest absolute Gasteiger partial charge is 0.410 e. The molecule has 0 aliphatic carbocycles. The summed E-state index contributed by atoms with van der Waals surface area (Å²) in [5.74, 6) is 0. The molecule has 0 fully saturated rings. The normalized spacial score (nSPS) is 17.6. The van der Waals surface area contributed by atoms with E-state index in [4.69, 9.17) is 9.88 Å². The van der Waals surface area contributed by atoms with E-state index in [0.717, 1.165) is 4.31 Å². The number of carbonyl (C=O) groups excluding carboxylic acids is 1.